The Morgan fingerprint density at radius 1 is 0.812 bits per heavy atom. The van der Waals surface area contributed by atoms with Crippen molar-refractivity contribution in [2.75, 3.05) is 11.5 Å². The zero-order valence-corrected chi connectivity index (χ0v) is 18.3. The molecule has 4 aromatic rings. The second-order valence-corrected chi connectivity index (χ2v) is 7.04. The van der Waals surface area contributed by atoms with Gasteiger partial charge in [-0.3, -0.25) is 14.8 Å². The number of rotatable bonds is 2. The van der Waals surface area contributed by atoms with Crippen LogP contribution in [0.3, 0.4) is 0 Å². The van der Waals surface area contributed by atoms with Gasteiger partial charge in [0.2, 0.25) is 0 Å². The highest BCUT2D eigenvalue weighted by Crippen LogP contribution is 2.20. The number of carbonyl (C=O) groups is 1. The number of ketones is 1. The molecule has 2 heterocycles. The molecule has 2 aromatic heterocycles. The van der Waals surface area contributed by atoms with Crippen molar-refractivity contribution < 1.29 is 4.79 Å². The summed E-state index contributed by atoms with van der Waals surface area (Å²) in [7, 11) is 0. The number of benzene rings is 2. The van der Waals surface area contributed by atoms with Gasteiger partial charge in [-0.05, 0) is 60.7 Å². The third-order valence-electron chi connectivity index (χ3n) is 3.84. The summed E-state index contributed by atoms with van der Waals surface area (Å²) in [5, 5.41) is 1.20. The molecule has 8 heteroatoms. The zero-order chi connectivity index (χ0) is 23.3. The van der Waals surface area contributed by atoms with Gasteiger partial charge in [-0.25, -0.2) is 4.85 Å². The van der Waals surface area contributed by atoms with Crippen LogP contribution < -0.4 is 11.5 Å². The standard InChI is InChI=1S/C12H9ClN2O.C6H6ClN.C6H4N2/c13-9-1-2-10(11(14)7-9)12(16)8-3-5-15-6-4-8;7-5-2-1-3-6(8)4-5;1-7-6-2-4-8-5-3-6/h1-7H,14H2;1-4H,8H2;2-5H. The molecular weight excluding hydrogens is 445 g/mol. The second kappa shape index (κ2) is 12.7. The molecule has 0 aliphatic carbocycles. The maximum atomic E-state index is 12.0. The number of nitrogens with zero attached hydrogens (tertiary/aromatic N) is 3. The number of hydrogen-bond acceptors (Lipinski definition) is 5. The summed E-state index contributed by atoms with van der Waals surface area (Å²) >= 11 is 11.3. The van der Waals surface area contributed by atoms with E-state index < -0.39 is 0 Å². The predicted molar refractivity (Wildman–Crippen MR) is 130 cm³/mol. The van der Waals surface area contributed by atoms with Crippen molar-refractivity contribution in [2.24, 2.45) is 0 Å². The second-order valence-electron chi connectivity index (χ2n) is 6.17. The Morgan fingerprint density at radius 3 is 1.88 bits per heavy atom. The first kappa shape index (κ1) is 24.4. The van der Waals surface area contributed by atoms with E-state index in [0.29, 0.717) is 38.2 Å². The summed E-state index contributed by atoms with van der Waals surface area (Å²) in [6, 6.07) is 18.6. The van der Waals surface area contributed by atoms with Crippen molar-refractivity contribution in [3.63, 3.8) is 0 Å². The average molecular weight is 464 g/mol. The minimum atomic E-state index is -0.128. The topological polar surface area (TPSA) is 99.2 Å². The largest absolute Gasteiger partial charge is 0.399 e. The van der Waals surface area contributed by atoms with Crippen LogP contribution in [0, 0.1) is 6.57 Å². The Bertz CT molecular complexity index is 1180. The van der Waals surface area contributed by atoms with E-state index in [-0.39, 0.29) is 5.78 Å². The van der Waals surface area contributed by atoms with Crippen LogP contribution >= 0.6 is 23.2 Å². The number of nitrogens with two attached hydrogens (primary N) is 2. The highest BCUT2D eigenvalue weighted by molar-refractivity contribution is 6.31. The quantitative estimate of drug-likeness (QED) is 0.212. The molecule has 0 saturated carbocycles. The molecular formula is C24H19Cl2N5O. The fourth-order valence-corrected chi connectivity index (χ4v) is 2.70. The van der Waals surface area contributed by atoms with E-state index in [1.807, 2.05) is 6.07 Å². The van der Waals surface area contributed by atoms with E-state index in [9.17, 15) is 4.79 Å². The fourth-order valence-electron chi connectivity index (χ4n) is 2.32. The van der Waals surface area contributed by atoms with Crippen LogP contribution in [0.15, 0.2) is 91.5 Å². The van der Waals surface area contributed by atoms with Crippen LogP contribution in [-0.2, 0) is 0 Å². The minimum absolute atomic E-state index is 0.128. The van der Waals surface area contributed by atoms with Crippen LogP contribution in [0.2, 0.25) is 10.0 Å². The molecule has 0 bridgehead atoms. The van der Waals surface area contributed by atoms with Gasteiger partial charge in [-0.1, -0.05) is 29.3 Å². The van der Waals surface area contributed by atoms with Gasteiger partial charge in [0.15, 0.2) is 11.5 Å². The molecule has 32 heavy (non-hydrogen) atoms. The lowest BCUT2D eigenvalue weighted by atomic mass is 10.0. The van der Waals surface area contributed by atoms with Crippen LogP contribution in [0.5, 0.6) is 0 Å². The Labute approximate surface area is 196 Å². The van der Waals surface area contributed by atoms with Gasteiger partial charge in [0.1, 0.15) is 0 Å². The first-order chi connectivity index (χ1) is 15.4. The number of halogens is 2. The number of nitrogen functional groups attached to an aromatic ring is 2. The van der Waals surface area contributed by atoms with E-state index in [4.69, 9.17) is 41.2 Å². The molecule has 160 valence electrons. The third kappa shape index (κ3) is 8.07. The summed E-state index contributed by atoms with van der Waals surface area (Å²) in [4.78, 5) is 22.8. The van der Waals surface area contributed by atoms with E-state index >= 15 is 0 Å². The zero-order valence-electron chi connectivity index (χ0n) is 16.8. The van der Waals surface area contributed by atoms with Crippen molar-refractivity contribution in [3.8, 4) is 0 Å². The van der Waals surface area contributed by atoms with Gasteiger partial charge in [-0.15, -0.1) is 0 Å². The number of pyridine rings is 2. The van der Waals surface area contributed by atoms with Crippen LogP contribution in [0.1, 0.15) is 15.9 Å². The molecule has 6 nitrogen and oxygen atoms in total. The molecule has 2 aromatic carbocycles. The molecule has 0 saturated heterocycles. The van der Waals surface area contributed by atoms with Crippen molar-refractivity contribution in [3.05, 3.63) is 124 Å². The van der Waals surface area contributed by atoms with Crippen LogP contribution in [-0.4, -0.2) is 15.8 Å². The highest BCUT2D eigenvalue weighted by atomic mass is 35.5. The first-order valence-electron chi connectivity index (χ1n) is 9.19. The molecule has 0 aliphatic heterocycles. The van der Waals surface area contributed by atoms with Crippen LogP contribution in [0.25, 0.3) is 4.85 Å². The van der Waals surface area contributed by atoms with Gasteiger partial charge in [-0.2, -0.15) is 0 Å². The van der Waals surface area contributed by atoms with Crippen molar-refractivity contribution in [1.82, 2.24) is 9.97 Å². The van der Waals surface area contributed by atoms with E-state index in [1.165, 1.54) is 0 Å². The Kier molecular flexibility index (Phi) is 9.67. The van der Waals surface area contributed by atoms with Crippen LogP contribution in [0.4, 0.5) is 17.1 Å². The molecule has 0 aliphatic rings. The molecule has 0 fully saturated rings. The molecule has 0 spiro atoms. The summed E-state index contributed by atoms with van der Waals surface area (Å²) in [6.45, 7) is 6.54. The van der Waals surface area contributed by atoms with E-state index in [0.717, 1.165) is 0 Å². The fraction of sp³-hybridized carbons (Fsp3) is 0. The van der Waals surface area contributed by atoms with Gasteiger partial charge in [0, 0.05) is 57.3 Å². The van der Waals surface area contributed by atoms with Crippen molar-refractivity contribution >= 4 is 46.0 Å². The Hall–Kier alpha value is -3.92. The summed E-state index contributed by atoms with van der Waals surface area (Å²) in [5.74, 6) is -0.128. The van der Waals surface area contributed by atoms with Crippen molar-refractivity contribution in [2.45, 2.75) is 0 Å². The monoisotopic (exact) mass is 463 g/mol. The molecule has 0 amide bonds. The predicted octanol–water partition coefficient (Wildman–Crippen LogP) is 6.10. The van der Waals surface area contributed by atoms with Gasteiger partial charge >= 0.3 is 0 Å². The number of aromatic nitrogens is 2. The average Bonchev–Trinajstić information content (AvgIpc) is 2.80. The highest BCUT2D eigenvalue weighted by Gasteiger charge is 2.11. The SMILES string of the molecule is Nc1cc(Cl)ccc1C(=O)c1ccncc1.Nc1cccc(Cl)c1.[C-]#[N+]c1ccncc1. The lowest BCUT2D eigenvalue weighted by molar-refractivity contribution is 0.103. The van der Waals surface area contributed by atoms with E-state index in [1.54, 1.807) is 85.5 Å². The summed E-state index contributed by atoms with van der Waals surface area (Å²) < 4.78 is 0. The Morgan fingerprint density at radius 2 is 1.41 bits per heavy atom. The normalized spacial score (nSPS) is 9.28. The summed E-state index contributed by atoms with van der Waals surface area (Å²) in [6.07, 6.45) is 6.35. The first-order valence-corrected chi connectivity index (χ1v) is 9.94. The molecule has 4 rings (SSSR count). The number of carbonyl (C=O) groups excluding carboxylic acids is 1. The maximum absolute atomic E-state index is 12.0. The third-order valence-corrected chi connectivity index (χ3v) is 4.31. The number of anilines is 2. The maximum Gasteiger partial charge on any atom is 0.195 e. The molecule has 0 radical (unpaired) electrons. The smallest absolute Gasteiger partial charge is 0.195 e. The Balaban J connectivity index is 0.000000190. The molecule has 4 N–H and O–H groups in total. The lowest BCUT2D eigenvalue weighted by Crippen LogP contribution is -2.05. The van der Waals surface area contributed by atoms with Crippen molar-refractivity contribution in [1.29, 1.82) is 0 Å². The van der Waals surface area contributed by atoms with Gasteiger partial charge in [0.25, 0.3) is 0 Å². The minimum Gasteiger partial charge on any atom is -0.399 e. The van der Waals surface area contributed by atoms with Gasteiger partial charge in [0.05, 0.1) is 6.57 Å². The van der Waals surface area contributed by atoms with Gasteiger partial charge < -0.3 is 11.5 Å². The number of hydrogen-bond donors (Lipinski definition) is 2. The lowest BCUT2D eigenvalue weighted by Gasteiger charge is -2.04. The molecule has 0 atom stereocenters. The van der Waals surface area contributed by atoms with E-state index in [2.05, 4.69) is 14.8 Å². The summed E-state index contributed by atoms with van der Waals surface area (Å²) in [5.41, 5.74) is 13.9. The molecule has 0 unspecified atom stereocenters.